The topological polar surface area (TPSA) is 95.5 Å². The molecule has 2 amide bonds. The van der Waals surface area contributed by atoms with E-state index in [0.717, 1.165) is 11.1 Å². The summed E-state index contributed by atoms with van der Waals surface area (Å²) < 4.78 is 0. The molecule has 1 rings (SSSR count). The molecular formula is C15H20N2O4. The summed E-state index contributed by atoms with van der Waals surface area (Å²) >= 11 is 0. The summed E-state index contributed by atoms with van der Waals surface area (Å²) in [4.78, 5) is 34.4. The Hall–Kier alpha value is -2.37. The minimum Gasteiger partial charge on any atom is -0.479 e. The van der Waals surface area contributed by atoms with Crippen LogP contribution in [0.15, 0.2) is 18.2 Å². The molecule has 0 aliphatic rings. The molecule has 0 saturated carbocycles. The molecular weight excluding hydrogens is 272 g/mol. The lowest BCUT2D eigenvalue weighted by Gasteiger charge is -2.20. The first-order valence-electron chi connectivity index (χ1n) is 6.60. The van der Waals surface area contributed by atoms with Crippen LogP contribution < -0.4 is 10.6 Å². The Kier molecular flexibility index (Phi) is 5.46. The molecule has 0 radical (unpaired) electrons. The number of nitrogens with one attached hydrogen (secondary N) is 2. The van der Waals surface area contributed by atoms with Crippen molar-refractivity contribution < 1.29 is 19.5 Å². The number of amides is 2. The summed E-state index contributed by atoms with van der Waals surface area (Å²) in [6.45, 7) is 6.48. The Morgan fingerprint density at radius 3 is 2.29 bits per heavy atom. The maximum absolute atomic E-state index is 12.0. The van der Waals surface area contributed by atoms with Gasteiger partial charge in [0, 0.05) is 6.92 Å². The Balaban J connectivity index is 2.98. The van der Waals surface area contributed by atoms with Gasteiger partial charge < -0.3 is 15.7 Å². The number of aliphatic carboxylic acids is 1. The average molecular weight is 292 g/mol. The summed E-state index contributed by atoms with van der Waals surface area (Å²) in [7, 11) is 0. The predicted octanol–water partition coefficient (Wildman–Crippen LogP) is 1.07. The summed E-state index contributed by atoms with van der Waals surface area (Å²) in [6.07, 6.45) is 0. The van der Waals surface area contributed by atoms with E-state index >= 15 is 0 Å². The standard InChI is InChI=1S/C15H20N2O4/c1-8-6-5-7-12(9(8)2)13(15(20)21)17-14(19)10(3)16-11(4)18/h5-7,10,13H,1-4H3,(H,16,18)(H,17,19)(H,20,21). The lowest BCUT2D eigenvalue weighted by Crippen LogP contribution is -2.46. The first-order chi connectivity index (χ1) is 9.73. The fourth-order valence-corrected chi connectivity index (χ4v) is 2.00. The van der Waals surface area contributed by atoms with Gasteiger partial charge >= 0.3 is 5.97 Å². The first kappa shape index (κ1) is 16.7. The Bertz CT molecular complexity index is 569. The molecule has 0 aromatic heterocycles. The van der Waals surface area contributed by atoms with Crippen LogP contribution in [0.25, 0.3) is 0 Å². The van der Waals surface area contributed by atoms with Crippen LogP contribution in [0, 0.1) is 13.8 Å². The van der Waals surface area contributed by atoms with Crippen LogP contribution in [-0.4, -0.2) is 28.9 Å². The van der Waals surface area contributed by atoms with Crippen LogP contribution in [0.1, 0.15) is 36.6 Å². The zero-order chi connectivity index (χ0) is 16.2. The van der Waals surface area contributed by atoms with Gasteiger partial charge in [-0.05, 0) is 37.5 Å². The van der Waals surface area contributed by atoms with Gasteiger partial charge in [-0.15, -0.1) is 0 Å². The van der Waals surface area contributed by atoms with Crippen LogP contribution in [0.5, 0.6) is 0 Å². The molecule has 0 aliphatic heterocycles. The van der Waals surface area contributed by atoms with Crippen LogP contribution in [0.3, 0.4) is 0 Å². The van der Waals surface area contributed by atoms with Gasteiger partial charge in [0.05, 0.1) is 0 Å². The van der Waals surface area contributed by atoms with Crippen molar-refractivity contribution in [3.63, 3.8) is 0 Å². The molecule has 2 unspecified atom stereocenters. The fraction of sp³-hybridized carbons (Fsp3) is 0.400. The smallest absolute Gasteiger partial charge is 0.330 e. The number of carbonyl (C=O) groups excluding carboxylic acids is 2. The number of rotatable bonds is 5. The highest BCUT2D eigenvalue weighted by molar-refractivity contribution is 5.90. The molecule has 3 N–H and O–H groups in total. The van der Waals surface area contributed by atoms with Crippen molar-refractivity contribution in [2.75, 3.05) is 0 Å². The van der Waals surface area contributed by atoms with Crippen molar-refractivity contribution in [3.8, 4) is 0 Å². The molecule has 6 heteroatoms. The zero-order valence-electron chi connectivity index (χ0n) is 12.6. The van der Waals surface area contributed by atoms with E-state index in [1.807, 2.05) is 19.9 Å². The van der Waals surface area contributed by atoms with Crippen LogP contribution >= 0.6 is 0 Å². The Morgan fingerprint density at radius 2 is 1.76 bits per heavy atom. The van der Waals surface area contributed by atoms with Gasteiger partial charge in [-0.2, -0.15) is 0 Å². The number of hydrogen-bond acceptors (Lipinski definition) is 3. The molecule has 0 saturated heterocycles. The summed E-state index contributed by atoms with van der Waals surface area (Å²) in [5, 5.41) is 14.2. The largest absolute Gasteiger partial charge is 0.479 e. The minimum absolute atomic E-state index is 0.351. The minimum atomic E-state index is -1.15. The second-order valence-electron chi connectivity index (χ2n) is 4.99. The number of aryl methyl sites for hydroxylation is 1. The molecule has 2 atom stereocenters. The molecule has 114 valence electrons. The van der Waals surface area contributed by atoms with E-state index < -0.39 is 24.0 Å². The Labute approximate surface area is 123 Å². The summed E-state index contributed by atoms with van der Waals surface area (Å²) in [5.41, 5.74) is 2.30. The maximum Gasteiger partial charge on any atom is 0.330 e. The van der Waals surface area contributed by atoms with Crippen molar-refractivity contribution >= 4 is 17.8 Å². The van der Waals surface area contributed by atoms with Crippen LogP contribution in [-0.2, 0) is 14.4 Å². The van der Waals surface area contributed by atoms with Crippen molar-refractivity contribution in [1.29, 1.82) is 0 Å². The van der Waals surface area contributed by atoms with Crippen molar-refractivity contribution in [2.24, 2.45) is 0 Å². The summed E-state index contributed by atoms with van der Waals surface area (Å²) in [5.74, 6) is -2.04. The highest BCUT2D eigenvalue weighted by Gasteiger charge is 2.26. The maximum atomic E-state index is 12.0. The van der Waals surface area contributed by atoms with Crippen molar-refractivity contribution in [3.05, 3.63) is 34.9 Å². The third-order valence-corrected chi connectivity index (χ3v) is 3.30. The molecule has 0 fully saturated rings. The van der Waals surface area contributed by atoms with Gasteiger partial charge in [0.25, 0.3) is 0 Å². The van der Waals surface area contributed by atoms with E-state index in [1.54, 1.807) is 12.1 Å². The van der Waals surface area contributed by atoms with Gasteiger partial charge in [0.2, 0.25) is 11.8 Å². The molecule has 1 aromatic carbocycles. The third-order valence-electron chi connectivity index (χ3n) is 3.30. The van der Waals surface area contributed by atoms with E-state index in [1.165, 1.54) is 13.8 Å². The molecule has 0 heterocycles. The average Bonchev–Trinajstić information content (AvgIpc) is 2.38. The predicted molar refractivity (Wildman–Crippen MR) is 77.7 cm³/mol. The fourth-order valence-electron chi connectivity index (χ4n) is 2.00. The number of carboxylic acids is 1. The quantitative estimate of drug-likeness (QED) is 0.756. The third kappa shape index (κ3) is 4.30. The number of carboxylic acid groups (broad SMARTS) is 1. The second kappa shape index (κ2) is 6.88. The van der Waals surface area contributed by atoms with Crippen molar-refractivity contribution in [2.45, 2.75) is 39.8 Å². The Morgan fingerprint density at radius 1 is 1.14 bits per heavy atom. The number of hydrogen-bond donors (Lipinski definition) is 3. The van der Waals surface area contributed by atoms with Gasteiger partial charge in [-0.1, -0.05) is 18.2 Å². The first-order valence-corrected chi connectivity index (χ1v) is 6.60. The number of carbonyl (C=O) groups is 3. The number of benzene rings is 1. The normalized spacial score (nSPS) is 13.1. The van der Waals surface area contributed by atoms with E-state index in [0.29, 0.717) is 5.56 Å². The van der Waals surface area contributed by atoms with E-state index in [-0.39, 0.29) is 5.91 Å². The molecule has 0 aliphatic carbocycles. The zero-order valence-corrected chi connectivity index (χ0v) is 12.6. The van der Waals surface area contributed by atoms with Gasteiger partial charge in [-0.3, -0.25) is 9.59 Å². The molecule has 1 aromatic rings. The lowest BCUT2D eigenvalue weighted by molar-refractivity contribution is -0.142. The van der Waals surface area contributed by atoms with Gasteiger partial charge in [0.1, 0.15) is 6.04 Å². The highest BCUT2D eigenvalue weighted by atomic mass is 16.4. The highest BCUT2D eigenvalue weighted by Crippen LogP contribution is 2.21. The van der Waals surface area contributed by atoms with E-state index in [2.05, 4.69) is 10.6 Å². The summed E-state index contributed by atoms with van der Waals surface area (Å²) in [6, 6.07) is 3.35. The van der Waals surface area contributed by atoms with Gasteiger partial charge in [0.15, 0.2) is 6.04 Å². The molecule has 0 spiro atoms. The second-order valence-corrected chi connectivity index (χ2v) is 4.99. The monoisotopic (exact) mass is 292 g/mol. The van der Waals surface area contributed by atoms with Crippen LogP contribution in [0.2, 0.25) is 0 Å². The lowest BCUT2D eigenvalue weighted by atomic mass is 9.97. The van der Waals surface area contributed by atoms with Gasteiger partial charge in [-0.25, -0.2) is 4.79 Å². The SMILES string of the molecule is CC(=O)NC(C)C(=O)NC(C(=O)O)c1cccc(C)c1C. The van der Waals surface area contributed by atoms with Crippen LogP contribution in [0.4, 0.5) is 0 Å². The molecule has 6 nitrogen and oxygen atoms in total. The molecule has 21 heavy (non-hydrogen) atoms. The van der Waals surface area contributed by atoms with Crippen molar-refractivity contribution in [1.82, 2.24) is 10.6 Å². The molecule has 0 bridgehead atoms. The van der Waals surface area contributed by atoms with E-state index in [4.69, 9.17) is 0 Å². The van der Waals surface area contributed by atoms with E-state index in [9.17, 15) is 19.5 Å².